The molecule has 1 aromatic carbocycles. The number of hydrogen-bond acceptors (Lipinski definition) is 3. The van der Waals surface area contributed by atoms with Crippen LogP contribution in [0.2, 0.25) is 0 Å². The van der Waals surface area contributed by atoms with Gasteiger partial charge >= 0.3 is 0 Å². The number of hydrogen-bond donors (Lipinski definition) is 1. The van der Waals surface area contributed by atoms with Gasteiger partial charge in [0.1, 0.15) is 11.6 Å². The van der Waals surface area contributed by atoms with Gasteiger partial charge in [0.25, 0.3) is 0 Å². The van der Waals surface area contributed by atoms with E-state index in [0.717, 1.165) is 11.3 Å². The number of methoxy groups -OCH3 is 1. The number of alkyl halides is 1. The summed E-state index contributed by atoms with van der Waals surface area (Å²) >= 11 is 5.52. The molecule has 0 saturated heterocycles. The summed E-state index contributed by atoms with van der Waals surface area (Å²) < 4.78 is 5.20. The lowest BCUT2D eigenvalue weighted by Crippen LogP contribution is -2.34. The minimum absolute atomic E-state index is 0.0855. The smallest absolute Gasteiger partial charge is 0.237 e. The Balaban J connectivity index is 2.81. The minimum atomic E-state index is -0.202. The summed E-state index contributed by atoms with van der Waals surface area (Å²) in [6, 6.07) is 7.45. The Labute approximate surface area is 106 Å². The van der Waals surface area contributed by atoms with Crippen LogP contribution in [0.1, 0.15) is 5.56 Å². The zero-order chi connectivity index (χ0) is 12.7. The number of rotatable bonds is 6. The molecule has 0 aliphatic heterocycles. The monoisotopic (exact) mass is 257 g/mol. The molecule has 5 heteroatoms. The maximum Gasteiger partial charge on any atom is 0.237 e. The van der Waals surface area contributed by atoms with Crippen molar-refractivity contribution < 1.29 is 14.6 Å². The van der Waals surface area contributed by atoms with E-state index in [-0.39, 0.29) is 24.9 Å². The van der Waals surface area contributed by atoms with Gasteiger partial charge in [-0.15, -0.1) is 11.6 Å². The van der Waals surface area contributed by atoms with Gasteiger partial charge in [0, 0.05) is 18.7 Å². The summed E-state index contributed by atoms with van der Waals surface area (Å²) in [4.78, 5) is 13.1. The number of para-hydroxylation sites is 1. The molecular formula is C12H16ClNO3. The van der Waals surface area contributed by atoms with Crippen LogP contribution < -0.4 is 4.74 Å². The molecule has 0 bridgehead atoms. The molecule has 0 aliphatic carbocycles. The number of carbonyl (C=O) groups is 1. The van der Waals surface area contributed by atoms with Crippen molar-refractivity contribution in [3.63, 3.8) is 0 Å². The van der Waals surface area contributed by atoms with Crippen LogP contribution in [0, 0.1) is 0 Å². The highest BCUT2D eigenvalue weighted by molar-refractivity contribution is 6.27. The fourth-order valence-electron chi connectivity index (χ4n) is 1.54. The van der Waals surface area contributed by atoms with E-state index in [1.807, 2.05) is 24.3 Å². The second-order valence-electron chi connectivity index (χ2n) is 3.48. The van der Waals surface area contributed by atoms with Crippen molar-refractivity contribution >= 4 is 17.5 Å². The summed E-state index contributed by atoms with van der Waals surface area (Å²) in [5.41, 5.74) is 0.891. The molecule has 1 N–H and O–H groups in total. The van der Waals surface area contributed by atoms with Crippen molar-refractivity contribution in [2.24, 2.45) is 0 Å². The maximum atomic E-state index is 11.5. The lowest BCUT2D eigenvalue weighted by molar-refractivity contribution is -0.129. The summed E-state index contributed by atoms with van der Waals surface area (Å²) in [5, 5.41) is 8.92. The molecule has 1 rings (SSSR count). The van der Waals surface area contributed by atoms with E-state index in [9.17, 15) is 4.79 Å². The van der Waals surface area contributed by atoms with Gasteiger partial charge in [-0.05, 0) is 6.07 Å². The first-order chi connectivity index (χ1) is 8.22. The molecule has 1 aromatic rings. The van der Waals surface area contributed by atoms with Crippen LogP contribution in [0.5, 0.6) is 5.75 Å². The molecule has 0 atom stereocenters. The fraction of sp³-hybridized carbons (Fsp3) is 0.417. The van der Waals surface area contributed by atoms with Crippen LogP contribution >= 0.6 is 11.6 Å². The number of carbonyl (C=O) groups excluding carboxylic acids is 1. The minimum Gasteiger partial charge on any atom is -0.496 e. The predicted octanol–water partition coefficient (Wildman–Crippen LogP) is 1.25. The zero-order valence-electron chi connectivity index (χ0n) is 9.73. The molecule has 0 heterocycles. The third kappa shape index (κ3) is 3.91. The van der Waals surface area contributed by atoms with Gasteiger partial charge in [-0.2, -0.15) is 0 Å². The average Bonchev–Trinajstić information content (AvgIpc) is 2.38. The van der Waals surface area contributed by atoms with Crippen LogP contribution in [0.3, 0.4) is 0 Å². The summed E-state index contributed by atoms with van der Waals surface area (Å²) in [5.74, 6) is 0.430. The number of benzene rings is 1. The van der Waals surface area contributed by atoms with E-state index < -0.39 is 0 Å². The molecule has 94 valence electrons. The quantitative estimate of drug-likeness (QED) is 0.781. The zero-order valence-corrected chi connectivity index (χ0v) is 10.5. The van der Waals surface area contributed by atoms with Gasteiger partial charge in [0.15, 0.2) is 0 Å². The van der Waals surface area contributed by atoms with Gasteiger partial charge < -0.3 is 14.7 Å². The molecule has 4 nitrogen and oxygen atoms in total. The van der Waals surface area contributed by atoms with Crippen molar-refractivity contribution in [2.45, 2.75) is 6.54 Å². The van der Waals surface area contributed by atoms with Crippen LogP contribution in [-0.4, -0.2) is 42.1 Å². The Morgan fingerprint density at radius 3 is 2.76 bits per heavy atom. The molecular weight excluding hydrogens is 242 g/mol. The van der Waals surface area contributed by atoms with Crippen LogP contribution in [0.25, 0.3) is 0 Å². The van der Waals surface area contributed by atoms with E-state index in [1.54, 1.807) is 7.11 Å². The Hall–Kier alpha value is -1.26. The average molecular weight is 258 g/mol. The molecule has 0 fully saturated rings. The largest absolute Gasteiger partial charge is 0.496 e. The Bertz CT molecular complexity index is 371. The van der Waals surface area contributed by atoms with Crippen molar-refractivity contribution in [3.8, 4) is 5.75 Å². The highest BCUT2D eigenvalue weighted by Crippen LogP contribution is 2.19. The maximum absolute atomic E-state index is 11.5. The molecule has 0 spiro atoms. The highest BCUT2D eigenvalue weighted by atomic mass is 35.5. The van der Waals surface area contributed by atoms with Gasteiger partial charge in [-0.1, -0.05) is 18.2 Å². The number of amides is 1. The standard InChI is InChI=1S/C12H16ClNO3/c1-17-11-5-3-2-4-10(11)9-14(6-7-15)12(16)8-13/h2-5,15H,6-9H2,1H3. The van der Waals surface area contributed by atoms with E-state index in [0.29, 0.717) is 6.54 Å². The summed E-state index contributed by atoms with van der Waals surface area (Å²) in [7, 11) is 1.58. The van der Waals surface area contributed by atoms with E-state index >= 15 is 0 Å². The number of halogens is 1. The van der Waals surface area contributed by atoms with Gasteiger partial charge in [0.2, 0.25) is 5.91 Å². The van der Waals surface area contributed by atoms with E-state index in [2.05, 4.69) is 0 Å². The molecule has 0 saturated carbocycles. The molecule has 0 radical (unpaired) electrons. The third-order valence-corrected chi connectivity index (χ3v) is 2.62. The molecule has 17 heavy (non-hydrogen) atoms. The van der Waals surface area contributed by atoms with Gasteiger partial charge in [-0.25, -0.2) is 0 Å². The van der Waals surface area contributed by atoms with Crippen molar-refractivity contribution in [1.29, 1.82) is 0 Å². The van der Waals surface area contributed by atoms with Gasteiger partial charge in [0.05, 0.1) is 13.7 Å². The summed E-state index contributed by atoms with van der Waals surface area (Å²) in [6.07, 6.45) is 0. The van der Waals surface area contributed by atoms with Crippen molar-refractivity contribution in [2.75, 3.05) is 26.1 Å². The topological polar surface area (TPSA) is 49.8 Å². The fourth-order valence-corrected chi connectivity index (χ4v) is 1.71. The molecule has 0 aliphatic rings. The number of nitrogens with zero attached hydrogens (tertiary/aromatic N) is 1. The summed E-state index contributed by atoms with van der Waals surface area (Å²) in [6.45, 7) is 0.567. The Morgan fingerprint density at radius 1 is 1.47 bits per heavy atom. The van der Waals surface area contributed by atoms with Crippen LogP contribution in [-0.2, 0) is 11.3 Å². The molecule has 0 aromatic heterocycles. The first kappa shape index (κ1) is 13.8. The predicted molar refractivity (Wildman–Crippen MR) is 66.2 cm³/mol. The second kappa shape index (κ2) is 7.14. The first-order valence-electron chi connectivity index (χ1n) is 5.29. The van der Waals surface area contributed by atoms with Crippen molar-refractivity contribution in [1.82, 2.24) is 4.90 Å². The normalized spacial score (nSPS) is 10.1. The Morgan fingerprint density at radius 2 is 2.18 bits per heavy atom. The molecule has 0 unspecified atom stereocenters. The van der Waals surface area contributed by atoms with E-state index in [4.69, 9.17) is 21.4 Å². The van der Waals surface area contributed by atoms with Crippen LogP contribution in [0.15, 0.2) is 24.3 Å². The SMILES string of the molecule is COc1ccccc1CN(CCO)C(=O)CCl. The first-order valence-corrected chi connectivity index (χ1v) is 5.83. The number of aliphatic hydroxyl groups is 1. The van der Waals surface area contributed by atoms with Crippen LogP contribution in [0.4, 0.5) is 0 Å². The second-order valence-corrected chi connectivity index (χ2v) is 3.75. The van der Waals surface area contributed by atoms with E-state index in [1.165, 1.54) is 4.90 Å². The number of aliphatic hydroxyl groups excluding tert-OH is 1. The van der Waals surface area contributed by atoms with Crippen molar-refractivity contribution in [3.05, 3.63) is 29.8 Å². The number of ether oxygens (including phenoxy) is 1. The highest BCUT2D eigenvalue weighted by Gasteiger charge is 2.14. The Kier molecular flexibility index (Phi) is 5.80. The third-order valence-electron chi connectivity index (χ3n) is 2.39. The van der Waals surface area contributed by atoms with Gasteiger partial charge in [-0.3, -0.25) is 4.79 Å². The molecule has 1 amide bonds. The lowest BCUT2D eigenvalue weighted by atomic mass is 10.2. The lowest BCUT2D eigenvalue weighted by Gasteiger charge is -2.21.